The van der Waals surface area contributed by atoms with E-state index in [1.807, 2.05) is 17.7 Å². The SMILES string of the molecule is C=C(N[C@@H](Cc1ccc([N+](=O)[O-])cc1)c1csc(-c2cccs2)n1)SC. The number of nitro groups is 1. The lowest BCUT2D eigenvalue weighted by atomic mass is 10.0. The molecule has 2 aromatic heterocycles. The van der Waals surface area contributed by atoms with Gasteiger partial charge in [-0.3, -0.25) is 10.1 Å². The highest BCUT2D eigenvalue weighted by molar-refractivity contribution is 8.02. The summed E-state index contributed by atoms with van der Waals surface area (Å²) in [6.07, 6.45) is 2.64. The van der Waals surface area contributed by atoms with Gasteiger partial charge in [-0.1, -0.05) is 24.8 Å². The van der Waals surface area contributed by atoms with E-state index in [-0.39, 0.29) is 16.7 Å². The molecule has 0 bridgehead atoms. The Hall–Kier alpha value is -2.16. The summed E-state index contributed by atoms with van der Waals surface area (Å²) in [6, 6.07) is 10.7. The van der Waals surface area contributed by atoms with E-state index in [9.17, 15) is 10.1 Å². The van der Waals surface area contributed by atoms with Gasteiger partial charge in [0.1, 0.15) is 5.01 Å². The Morgan fingerprint density at radius 2 is 2.12 bits per heavy atom. The Labute approximate surface area is 164 Å². The van der Waals surface area contributed by atoms with Crippen molar-refractivity contribution in [2.24, 2.45) is 0 Å². The molecule has 1 N–H and O–H groups in total. The molecule has 5 nitrogen and oxygen atoms in total. The van der Waals surface area contributed by atoms with Crippen LogP contribution in [0.5, 0.6) is 0 Å². The first-order valence-corrected chi connectivity index (χ1v) is 10.8. The molecule has 0 aliphatic carbocycles. The van der Waals surface area contributed by atoms with Crippen molar-refractivity contribution in [1.82, 2.24) is 10.3 Å². The van der Waals surface area contributed by atoms with Gasteiger partial charge in [-0.15, -0.1) is 34.4 Å². The van der Waals surface area contributed by atoms with Gasteiger partial charge in [-0.05, 0) is 29.7 Å². The summed E-state index contributed by atoms with van der Waals surface area (Å²) in [4.78, 5) is 16.4. The minimum Gasteiger partial charge on any atom is -0.372 e. The highest BCUT2D eigenvalue weighted by Crippen LogP contribution is 2.31. The molecule has 0 aliphatic rings. The number of benzene rings is 1. The Morgan fingerprint density at radius 1 is 1.35 bits per heavy atom. The first-order chi connectivity index (χ1) is 12.6. The quantitative estimate of drug-likeness (QED) is 0.398. The van der Waals surface area contributed by atoms with E-state index in [0.29, 0.717) is 6.42 Å². The van der Waals surface area contributed by atoms with Crippen LogP contribution in [0.15, 0.2) is 58.8 Å². The van der Waals surface area contributed by atoms with E-state index < -0.39 is 0 Å². The molecule has 0 unspecified atom stereocenters. The molecule has 1 aromatic carbocycles. The van der Waals surface area contributed by atoms with Crippen molar-refractivity contribution in [1.29, 1.82) is 0 Å². The molecule has 3 aromatic rings. The Morgan fingerprint density at radius 3 is 2.73 bits per heavy atom. The molecule has 0 amide bonds. The van der Waals surface area contributed by atoms with Gasteiger partial charge in [0.2, 0.25) is 0 Å². The lowest BCUT2D eigenvalue weighted by molar-refractivity contribution is -0.384. The van der Waals surface area contributed by atoms with Crippen LogP contribution in [0.3, 0.4) is 0 Å². The lowest BCUT2D eigenvalue weighted by Gasteiger charge is -2.19. The average molecular weight is 404 g/mol. The fourth-order valence-electron chi connectivity index (χ4n) is 2.43. The predicted octanol–water partition coefficient (Wildman–Crippen LogP) is 5.49. The van der Waals surface area contributed by atoms with Crippen LogP contribution < -0.4 is 5.32 Å². The number of thiophene rings is 1. The summed E-state index contributed by atoms with van der Waals surface area (Å²) in [6.45, 7) is 4.01. The van der Waals surface area contributed by atoms with Crippen molar-refractivity contribution in [3.8, 4) is 9.88 Å². The van der Waals surface area contributed by atoms with Gasteiger partial charge in [-0.2, -0.15) is 0 Å². The van der Waals surface area contributed by atoms with E-state index in [0.717, 1.165) is 26.2 Å². The Bertz CT molecular complexity index is 889. The Kier molecular flexibility index (Phi) is 6.08. The molecule has 3 rings (SSSR count). The van der Waals surface area contributed by atoms with E-state index in [4.69, 9.17) is 4.98 Å². The van der Waals surface area contributed by atoms with Gasteiger partial charge >= 0.3 is 0 Å². The summed E-state index contributed by atoms with van der Waals surface area (Å²) in [5.41, 5.74) is 2.06. The van der Waals surface area contributed by atoms with Crippen LogP contribution in [0, 0.1) is 10.1 Å². The van der Waals surface area contributed by atoms with E-state index in [1.165, 1.54) is 12.1 Å². The van der Waals surface area contributed by atoms with E-state index in [1.54, 1.807) is 46.6 Å². The van der Waals surface area contributed by atoms with Crippen molar-refractivity contribution in [2.75, 3.05) is 6.26 Å². The third-order valence-corrected chi connectivity index (χ3v) is 6.29. The van der Waals surface area contributed by atoms with E-state index >= 15 is 0 Å². The summed E-state index contributed by atoms with van der Waals surface area (Å²) in [5, 5.41) is 20.2. The fourth-order valence-corrected chi connectivity index (χ4v) is 4.38. The Balaban J connectivity index is 1.83. The molecule has 0 radical (unpaired) electrons. The average Bonchev–Trinajstić information content (AvgIpc) is 3.32. The van der Waals surface area contributed by atoms with Gasteiger partial charge in [0.15, 0.2) is 0 Å². The number of thiazole rings is 1. The van der Waals surface area contributed by atoms with Crippen molar-refractivity contribution >= 4 is 40.1 Å². The number of hydrogen-bond donors (Lipinski definition) is 1. The number of rotatable bonds is 8. The topological polar surface area (TPSA) is 68.1 Å². The van der Waals surface area contributed by atoms with Crippen LogP contribution in [-0.2, 0) is 6.42 Å². The molecule has 1 atom stereocenters. The molecule has 0 saturated heterocycles. The lowest BCUT2D eigenvalue weighted by Crippen LogP contribution is -2.21. The first kappa shape index (κ1) is 18.6. The maximum Gasteiger partial charge on any atom is 0.269 e. The molecule has 134 valence electrons. The fraction of sp³-hybridized carbons (Fsp3) is 0.167. The maximum absolute atomic E-state index is 10.8. The molecule has 2 heterocycles. The van der Waals surface area contributed by atoms with Gasteiger partial charge in [0.05, 0.1) is 26.6 Å². The maximum atomic E-state index is 10.8. The van der Waals surface area contributed by atoms with Gasteiger partial charge in [-0.25, -0.2) is 4.98 Å². The second-order valence-electron chi connectivity index (χ2n) is 5.51. The van der Waals surface area contributed by atoms with Crippen molar-refractivity contribution in [3.63, 3.8) is 0 Å². The highest BCUT2D eigenvalue weighted by atomic mass is 32.2. The summed E-state index contributed by atoms with van der Waals surface area (Å²) >= 11 is 4.84. The zero-order chi connectivity index (χ0) is 18.5. The molecule has 0 saturated carbocycles. The third-order valence-electron chi connectivity index (χ3n) is 3.78. The van der Waals surface area contributed by atoms with Crippen LogP contribution in [0.4, 0.5) is 5.69 Å². The summed E-state index contributed by atoms with van der Waals surface area (Å²) in [5.74, 6) is 0. The van der Waals surface area contributed by atoms with Gasteiger partial charge in [0, 0.05) is 17.5 Å². The molecule has 8 heteroatoms. The number of non-ortho nitro benzene ring substituents is 1. The number of thioether (sulfide) groups is 1. The summed E-state index contributed by atoms with van der Waals surface area (Å²) < 4.78 is 0. The second-order valence-corrected chi connectivity index (χ2v) is 8.21. The number of hydrogen-bond acceptors (Lipinski definition) is 7. The predicted molar refractivity (Wildman–Crippen MR) is 111 cm³/mol. The zero-order valence-electron chi connectivity index (χ0n) is 14.0. The monoisotopic (exact) mass is 403 g/mol. The van der Waals surface area contributed by atoms with Crippen LogP contribution >= 0.6 is 34.4 Å². The molecular weight excluding hydrogens is 386 g/mol. The second kappa shape index (κ2) is 8.48. The highest BCUT2D eigenvalue weighted by Gasteiger charge is 2.18. The normalized spacial score (nSPS) is 11.9. The number of nitrogens with zero attached hydrogens (tertiary/aromatic N) is 2. The smallest absolute Gasteiger partial charge is 0.269 e. The summed E-state index contributed by atoms with van der Waals surface area (Å²) in [7, 11) is 0. The molecule has 0 spiro atoms. The van der Waals surface area contributed by atoms with Crippen LogP contribution in [0.2, 0.25) is 0 Å². The molecule has 0 aliphatic heterocycles. The molecule has 0 fully saturated rings. The zero-order valence-corrected chi connectivity index (χ0v) is 16.5. The standard InChI is InChI=1S/C18H17N3O2S3/c1-12(24-2)19-15(10-13-5-7-14(8-6-13)21(22)23)16-11-26-18(20-16)17-4-3-9-25-17/h3-9,11,15,19H,1,10H2,2H3/t15-/m0/s1. The van der Waals surface area contributed by atoms with Crippen LogP contribution in [0.25, 0.3) is 9.88 Å². The van der Waals surface area contributed by atoms with Gasteiger partial charge in [0.25, 0.3) is 5.69 Å². The number of nitrogens with one attached hydrogen (secondary N) is 1. The van der Waals surface area contributed by atoms with E-state index in [2.05, 4.69) is 23.3 Å². The number of nitro benzene ring substituents is 1. The van der Waals surface area contributed by atoms with Crippen molar-refractivity contribution in [3.05, 3.63) is 80.1 Å². The molecule has 26 heavy (non-hydrogen) atoms. The van der Waals surface area contributed by atoms with Gasteiger partial charge < -0.3 is 5.32 Å². The largest absolute Gasteiger partial charge is 0.372 e. The molecular formula is C18H17N3O2S3. The van der Waals surface area contributed by atoms with Crippen LogP contribution in [0.1, 0.15) is 17.3 Å². The van der Waals surface area contributed by atoms with Crippen LogP contribution in [-0.4, -0.2) is 16.2 Å². The minimum atomic E-state index is -0.386. The number of aromatic nitrogens is 1. The first-order valence-electron chi connectivity index (χ1n) is 7.79. The van der Waals surface area contributed by atoms with Crippen molar-refractivity contribution in [2.45, 2.75) is 12.5 Å². The minimum absolute atomic E-state index is 0.0404. The van der Waals surface area contributed by atoms with Crippen molar-refractivity contribution < 1.29 is 4.92 Å². The third kappa shape index (κ3) is 4.51.